The summed E-state index contributed by atoms with van der Waals surface area (Å²) in [5, 5.41) is 11.1. The first-order valence-electron chi connectivity index (χ1n) is 9.77. The molecule has 1 fully saturated rings. The van der Waals surface area contributed by atoms with Crippen LogP contribution in [0.15, 0.2) is 23.8 Å². The molecule has 0 aromatic rings. The highest BCUT2D eigenvalue weighted by atomic mass is 28.4. The van der Waals surface area contributed by atoms with Crippen molar-refractivity contribution < 1.29 is 22.7 Å². The predicted molar refractivity (Wildman–Crippen MR) is 108 cm³/mol. The van der Waals surface area contributed by atoms with Crippen molar-refractivity contribution in [1.82, 2.24) is 0 Å². The minimum atomic E-state index is -4.48. The molecule has 0 spiro atoms. The van der Waals surface area contributed by atoms with Gasteiger partial charge in [0, 0.05) is 0 Å². The molecule has 158 valence electrons. The zero-order valence-corrected chi connectivity index (χ0v) is 19.1. The summed E-state index contributed by atoms with van der Waals surface area (Å²) >= 11 is 0. The minimum Gasteiger partial charge on any atom is -0.413 e. The second-order valence-corrected chi connectivity index (χ2v) is 14.9. The highest BCUT2D eigenvalue weighted by molar-refractivity contribution is 6.74. The molecule has 1 aliphatic rings. The molecule has 0 aliphatic heterocycles. The van der Waals surface area contributed by atoms with Gasteiger partial charge < -0.3 is 9.53 Å². The molecule has 0 aromatic carbocycles. The van der Waals surface area contributed by atoms with E-state index in [0.29, 0.717) is 0 Å². The third-order valence-electron chi connectivity index (χ3n) is 6.67. The summed E-state index contributed by atoms with van der Waals surface area (Å²) in [4.78, 5) is 0. The number of rotatable bonds is 5. The molecule has 1 N–H and O–H groups in total. The van der Waals surface area contributed by atoms with Crippen LogP contribution in [0.5, 0.6) is 0 Å². The zero-order chi connectivity index (χ0) is 21.3. The van der Waals surface area contributed by atoms with Gasteiger partial charge in [0.15, 0.2) is 8.32 Å². The second-order valence-electron chi connectivity index (χ2n) is 10.1. The maximum atomic E-state index is 13.5. The lowest BCUT2D eigenvalue weighted by molar-refractivity contribution is -0.0968. The molecule has 0 radical (unpaired) electrons. The van der Waals surface area contributed by atoms with Crippen LogP contribution in [0.3, 0.4) is 0 Å². The number of aliphatic hydroxyl groups is 1. The normalized spacial score (nSPS) is 28.0. The average Bonchev–Trinajstić information content (AvgIpc) is 2.45. The molecule has 0 bridgehead atoms. The maximum absolute atomic E-state index is 13.5. The lowest BCUT2D eigenvalue weighted by Crippen LogP contribution is -2.51. The standard InChI is InChI=1S/C21H37F3O2Si/c1-16-10-9-13-19(5,6)20(16,25)14-11-17(21(22,23)24)12-15-26-27(7,8)18(2,3)4/h11-12,14,16,25H,9-10,13,15H2,1-8H3/b14-11+,17-12+. The topological polar surface area (TPSA) is 29.5 Å². The molecule has 0 saturated heterocycles. The van der Waals surface area contributed by atoms with Gasteiger partial charge in [-0.1, -0.05) is 60.1 Å². The summed E-state index contributed by atoms with van der Waals surface area (Å²) in [7, 11) is -2.12. The van der Waals surface area contributed by atoms with E-state index >= 15 is 0 Å². The smallest absolute Gasteiger partial charge is 0.413 e. The Morgan fingerprint density at radius 2 is 1.78 bits per heavy atom. The monoisotopic (exact) mass is 406 g/mol. The van der Waals surface area contributed by atoms with E-state index in [1.165, 1.54) is 6.08 Å². The summed E-state index contributed by atoms with van der Waals surface area (Å²) in [5.74, 6) is -0.0875. The summed E-state index contributed by atoms with van der Waals surface area (Å²) in [6.45, 7) is 15.9. The van der Waals surface area contributed by atoms with Gasteiger partial charge >= 0.3 is 6.18 Å². The van der Waals surface area contributed by atoms with Crippen LogP contribution in [0.25, 0.3) is 0 Å². The first-order chi connectivity index (χ1) is 11.9. The van der Waals surface area contributed by atoms with E-state index < -0.39 is 31.1 Å². The molecular formula is C21H37F3O2Si. The van der Waals surface area contributed by atoms with Gasteiger partial charge in [0.05, 0.1) is 17.8 Å². The summed E-state index contributed by atoms with van der Waals surface area (Å²) in [6, 6.07) is 0. The van der Waals surface area contributed by atoms with Crippen molar-refractivity contribution in [3.8, 4) is 0 Å². The van der Waals surface area contributed by atoms with Gasteiger partial charge in [0.25, 0.3) is 0 Å². The van der Waals surface area contributed by atoms with Crippen LogP contribution in [-0.4, -0.2) is 31.8 Å². The Bertz CT molecular complexity index is 571. The van der Waals surface area contributed by atoms with Crippen molar-refractivity contribution in [1.29, 1.82) is 0 Å². The van der Waals surface area contributed by atoms with Gasteiger partial charge in [-0.15, -0.1) is 0 Å². The van der Waals surface area contributed by atoms with E-state index in [9.17, 15) is 18.3 Å². The number of halogens is 3. The molecule has 2 nitrogen and oxygen atoms in total. The highest BCUT2D eigenvalue weighted by Gasteiger charge is 2.48. The van der Waals surface area contributed by atoms with Crippen LogP contribution in [-0.2, 0) is 4.43 Å². The predicted octanol–water partition coefficient (Wildman–Crippen LogP) is 6.63. The van der Waals surface area contributed by atoms with E-state index in [1.807, 2.05) is 33.9 Å². The molecule has 2 atom stereocenters. The lowest BCUT2D eigenvalue weighted by atomic mass is 9.60. The van der Waals surface area contributed by atoms with E-state index in [1.54, 1.807) is 0 Å². The molecule has 1 rings (SSSR count). The van der Waals surface area contributed by atoms with Crippen LogP contribution < -0.4 is 0 Å². The van der Waals surface area contributed by atoms with Crippen LogP contribution >= 0.6 is 0 Å². The third kappa shape index (κ3) is 5.70. The Balaban J connectivity index is 3.07. The number of hydrogen-bond acceptors (Lipinski definition) is 2. The van der Waals surface area contributed by atoms with Crippen molar-refractivity contribution in [3.63, 3.8) is 0 Å². The average molecular weight is 407 g/mol. The maximum Gasteiger partial charge on any atom is 0.416 e. The highest BCUT2D eigenvalue weighted by Crippen LogP contribution is 2.48. The quantitative estimate of drug-likeness (QED) is 0.410. The molecule has 0 amide bonds. The van der Waals surface area contributed by atoms with E-state index in [4.69, 9.17) is 4.43 Å². The number of alkyl halides is 3. The summed E-state index contributed by atoms with van der Waals surface area (Å²) in [5.41, 5.74) is -2.48. The lowest BCUT2D eigenvalue weighted by Gasteiger charge is -2.49. The fourth-order valence-electron chi connectivity index (χ4n) is 3.38. The van der Waals surface area contributed by atoms with Gasteiger partial charge in [-0.3, -0.25) is 0 Å². The zero-order valence-electron chi connectivity index (χ0n) is 18.1. The molecule has 0 heterocycles. The van der Waals surface area contributed by atoms with Crippen molar-refractivity contribution >= 4 is 8.32 Å². The van der Waals surface area contributed by atoms with E-state index in [2.05, 4.69) is 20.8 Å². The van der Waals surface area contributed by atoms with Crippen molar-refractivity contribution in [2.45, 2.75) is 90.7 Å². The Morgan fingerprint density at radius 3 is 2.22 bits per heavy atom. The molecule has 1 saturated carbocycles. The molecule has 6 heteroatoms. The molecule has 1 aliphatic carbocycles. The van der Waals surface area contributed by atoms with Gasteiger partial charge in [0.2, 0.25) is 0 Å². The van der Waals surface area contributed by atoms with E-state index in [0.717, 1.165) is 31.4 Å². The molecule has 0 aromatic heterocycles. The SMILES string of the molecule is CC1CCCC(C)(C)C1(O)/C=C/C(=C\CO[Si](C)(C)C(C)(C)C)C(F)(F)F. The molecule has 27 heavy (non-hydrogen) atoms. The third-order valence-corrected chi connectivity index (χ3v) is 11.2. The van der Waals surface area contributed by atoms with Crippen LogP contribution in [0.4, 0.5) is 13.2 Å². The summed E-state index contributed by atoms with van der Waals surface area (Å²) < 4.78 is 46.4. The van der Waals surface area contributed by atoms with Gasteiger partial charge in [-0.2, -0.15) is 13.2 Å². The number of hydrogen-bond donors (Lipinski definition) is 1. The van der Waals surface area contributed by atoms with Crippen LogP contribution in [0.2, 0.25) is 18.1 Å². The van der Waals surface area contributed by atoms with Gasteiger partial charge in [-0.05, 0) is 48.4 Å². The first kappa shape index (κ1) is 24.4. The first-order valence-corrected chi connectivity index (χ1v) is 12.7. The van der Waals surface area contributed by atoms with Gasteiger partial charge in [0.1, 0.15) is 0 Å². The second kappa shape index (κ2) is 8.03. The fraction of sp³-hybridized carbons (Fsp3) is 0.810. The largest absolute Gasteiger partial charge is 0.416 e. The van der Waals surface area contributed by atoms with Crippen molar-refractivity contribution in [2.24, 2.45) is 11.3 Å². The minimum absolute atomic E-state index is 0.0637. The Kier molecular flexibility index (Phi) is 7.27. The Labute approximate surface area is 164 Å². The summed E-state index contributed by atoms with van der Waals surface area (Å²) in [6.07, 6.45) is 1.60. The van der Waals surface area contributed by atoms with E-state index in [-0.39, 0.29) is 17.6 Å². The van der Waals surface area contributed by atoms with Crippen molar-refractivity contribution in [2.75, 3.05) is 6.61 Å². The Morgan fingerprint density at radius 1 is 1.22 bits per heavy atom. The fourth-order valence-corrected chi connectivity index (χ4v) is 4.31. The van der Waals surface area contributed by atoms with Crippen LogP contribution in [0.1, 0.15) is 60.8 Å². The van der Waals surface area contributed by atoms with Gasteiger partial charge in [-0.25, -0.2) is 0 Å². The Hall–Kier alpha value is -0.593. The number of allylic oxidation sites excluding steroid dienone is 2. The van der Waals surface area contributed by atoms with Crippen LogP contribution in [0, 0.1) is 11.3 Å². The molecular weight excluding hydrogens is 369 g/mol. The van der Waals surface area contributed by atoms with Crippen molar-refractivity contribution in [3.05, 3.63) is 23.8 Å². The molecule has 2 unspecified atom stereocenters.